The summed E-state index contributed by atoms with van der Waals surface area (Å²) in [5.41, 5.74) is 2.94. The first kappa shape index (κ1) is 23.7. The van der Waals surface area contributed by atoms with E-state index in [0.29, 0.717) is 67.2 Å². The van der Waals surface area contributed by atoms with Crippen molar-refractivity contribution in [1.82, 2.24) is 19.1 Å². The summed E-state index contributed by atoms with van der Waals surface area (Å²) < 4.78 is 14.5. The fourth-order valence-corrected chi connectivity index (χ4v) is 4.23. The molecule has 36 heavy (non-hydrogen) atoms. The van der Waals surface area contributed by atoms with Gasteiger partial charge >= 0.3 is 0 Å². The molecule has 186 valence electrons. The Morgan fingerprint density at radius 3 is 1.61 bits per heavy atom. The molecule has 10 heteroatoms. The van der Waals surface area contributed by atoms with E-state index in [9.17, 15) is 9.59 Å². The molecule has 4 bridgehead atoms. The van der Waals surface area contributed by atoms with Crippen LogP contribution in [0.25, 0.3) is 22.1 Å². The summed E-state index contributed by atoms with van der Waals surface area (Å²) in [5, 5.41) is 6.20. The molecule has 0 fully saturated rings. The minimum absolute atomic E-state index is 0.229. The highest BCUT2D eigenvalue weighted by Gasteiger charge is 2.15. The minimum Gasteiger partial charge on any atom is -0.377 e. The van der Waals surface area contributed by atoms with Crippen LogP contribution >= 0.6 is 0 Å². The molecule has 0 atom stereocenters. The molecule has 0 radical (unpaired) electrons. The highest BCUT2D eigenvalue weighted by molar-refractivity contribution is 5.77. The van der Waals surface area contributed by atoms with Crippen LogP contribution < -0.4 is 21.8 Å². The first-order chi connectivity index (χ1) is 17.6. The van der Waals surface area contributed by atoms with E-state index in [2.05, 4.69) is 27.2 Å². The molecule has 2 aromatic carbocycles. The van der Waals surface area contributed by atoms with Gasteiger partial charge in [-0.1, -0.05) is 30.8 Å². The van der Waals surface area contributed by atoms with Crippen molar-refractivity contribution in [3.63, 3.8) is 0 Å². The van der Waals surface area contributed by atoms with Gasteiger partial charge < -0.3 is 20.1 Å². The van der Waals surface area contributed by atoms with Gasteiger partial charge in [-0.25, -0.2) is 9.97 Å². The zero-order valence-electron chi connectivity index (χ0n) is 19.9. The number of fused-ring (bicyclic) bond motifs is 8. The second kappa shape index (κ2) is 10.7. The summed E-state index contributed by atoms with van der Waals surface area (Å²) >= 11 is 0. The van der Waals surface area contributed by atoms with E-state index < -0.39 is 0 Å². The summed E-state index contributed by atoms with van der Waals surface area (Å²) in [5.74, 6) is 0.495. The number of nitrogens with one attached hydrogen (secondary N) is 2. The lowest BCUT2D eigenvalue weighted by Gasteiger charge is -2.17. The van der Waals surface area contributed by atoms with Crippen molar-refractivity contribution in [2.45, 2.75) is 13.1 Å². The monoisotopic (exact) mass is 488 g/mol. The predicted molar refractivity (Wildman–Crippen MR) is 140 cm³/mol. The number of aromatic nitrogens is 4. The SMILES string of the molecule is C=C1Cn2c(=O)c(nc3ccccc32)NCCOCCOCCNc2nc3ccccc3n(c2=O)C1. The van der Waals surface area contributed by atoms with Crippen molar-refractivity contribution in [2.24, 2.45) is 0 Å². The van der Waals surface area contributed by atoms with Crippen molar-refractivity contribution in [3.8, 4) is 0 Å². The topological polar surface area (TPSA) is 112 Å². The average molecular weight is 489 g/mol. The van der Waals surface area contributed by atoms with Crippen LogP contribution in [-0.2, 0) is 22.6 Å². The number of hydrogen-bond donors (Lipinski definition) is 2. The molecule has 0 saturated carbocycles. The summed E-state index contributed by atoms with van der Waals surface area (Å²) in [7, 11) is 0. The van der Waals surface area contributed by atoms with Crippen molar-refractivity contribution in [2.75, 3.05) is 50.2 Å². The molecule has 5 rings (SSSR count). The van der Waals surface area contributed by atoms with Gasteiger partial charge in [0.25, 0.3) is 11.1 Å². The highest BCUT2D eigenvalue weighted by atomic mass is 16.5. The number of para-hydroxylation sites is 4. The molecule has 4 aromatic rings. The van der Waals surface area contributed by atoms with Gasteiger partial charge in [0.2, 0.25) is 0 Å². The second-order valence-corrected chi connectivity index (χ2v) is 8.51. The Kier molecular flexibility index (Phi) is 7.06. The Hall–Kier alpha value is -4.02. The summed E-state index contributed by atoms with van der Waals surface area (Å²) in [4.78, 5) is 35.8. The number of anilines is 2. The van der Waals surface area contributed by atoms with E-state index in [0.717, 1.165) is 0 Å². The molecular weight excluding hydrogens is 460 g/mol. The summed E-state index contributed by atoms with van der Waals surface area (Å²) in [6, 6.07) is 14.9. The number of rotatable bonds is 0. The molecule has 2 aromatic heterocycles. The van der Waals surface area contributed by atoms with Crippen LogP contribution in [0.1, 0.15) is 0 Å². The van der Waals surface area contributed by atoms with E-state index >= 15 is 0 Å². The maximum absolute atomic E-state index is 13.4. The van der Waals surface area contributed by atoms with Gasteiger partial charge in [0.05, 0.1) is 48.5 Å². The van der Waals surface area contributed by atoms with Crippen LogP contribution in [-0.4, -0.2) is 58.6 Å². The second-order valence-electron chi connectivity index (χ2n) is 8.51. The van der Waals surface area contributed by atoms with Crippen LogP contribution in [0.5, 0.6) is 0 Å². The number of nitrogens with zero attached hydrogens (tertiary/aromatic N) is 4. The largest absolute Gasteiger partial charge is 0.377 e. The van der Waals surface area contributed by atoms with E-state index in [-0.39, 0.29) is 35.8 Å². The maximum atomic E-state index is 13.4. The smallest absolute Gasteiger partial charge is 0.294 e. The molecule has 10 nitrogen and oxygen atoms in total. The number of benzene rings is 2. The van der Waals surface area contributed by atoms with Gasteiger partial charge in [0, 0.05) is 26.2 Å². The van der Waals surface area contributed by atoms with Crippen LogP contribution in [0.15, 0.2) is 70.3 Å². The molecular formula is C26H28N6O4. The van der Waals surface area contributed by atoms with Gasteiger partial charge in [-0.15, -0.1) is 0 Å². The van der Waals surface area contributed by atoms with Crippen molar-refractivity contribution < 1.29 is 9.47 Å². The lowest BCUT2D eigenvalue weighted by atomic mass is 10.2. The number of allylic oxidation sites excluding steroid dienone is 1. The van der Waals surface area contributed by atoms with E-state index in [1.165, 1.54) is 0 Å². The van der Waals surface area contributed by atoms with Crippen LogP contribution in [0.3, 0.4) is 0 Å². The van der Waals surface area contributed by atoms with Gasteiger partial charge in [-0.05, 0) is 29.8 Å². The maximum Gasteiger partial charge on any atom is 0.294 e. The molecule has 3 heterocycles. The first-order valence-corrected chi connectivity index (χ1v) is 11.9. The van der Waals surface area contributed by atoms with E-state index in [4.69, 9.17) is 9.47 Å². The molecule has 0 amide bonds. The molecule has 0 spiro atoms. The Morgan fingerprint density at radius 1 is 0.694 bits per heavy atom. The average Bonchev–Trinajstić information content (AvgIpc) is 2.89. The quantitative estimate of drug-likeness (QED) is 0.363. The summed E-state index contributed by atoms with van der Waals surface area (Å²) in [6.07, 6.45) is 0. The highest BCUT2D eigenvalue weighted by Crippen LogP contribution is 2.16. The minimum atomic E-state index is -0.259. The van der Waals surface area contributed by atoms with Crippen molar-refractivity contribution in [1.29, 1.82) is 0 Å². The van der Waals surface area contributed by atoms with Gasteiger partial charge in [0.1, 0.15) is 0 Å². The van der Waals surface area contributed by atoms with Gasteiger partial charge in [0.15, 0.2) is 11.6 Å². The van der Waals surface area contributed by atoms with E-state index in [1.54, 1.807) is 9.13 Å². The molecule has 0 unspecified atom stereocenters. The normalized spacial score (nSPS) is 15.9. The predicted octanol–water partition coefficient (Wildman–Crippen LogP) is 2.23. The lowest BCUT2D eigenvalue weighted by molar-refractivity contribution is 0.0556. The third kappa shape index (κ3) is 5.00. The van der Waals surface area contributed by atoms with E-state index in [1.807, 2.05) is 48.5 Å². The molecule has 0 saturated heterocycles. The van der Waals surface area contributed by atoms with Crippen LogP contribution in [0.4, 0.5) is 11.6 Å². The standard InChI is InChI=1S/C26H28N6O4/c1-18-16-31-21-8-4-2-6-19(21)29-23(25(31)33)27-10-12-35-14-15-36-13-11-28-24-26(34)32(17-18)22-9-5-3-7-20(22)30-24/h2-9H,1,10-17H2,(H,27,29)(H,28,30). The third-order valence-electron chi connectivity index (χ3n) is 5.92. The third-order valence-corrected chi connectivity index (χ3v) is 5.92. The molecule has 1 aliphatic heterocycles. The zero-order chi connectivity index (χ0) is 24.9. The van der Waals surface area contributed by atoms with Crippen LogP contribution in [0, 0.1) is 0 Å². The Bertz CT molecular complexity index is 1410. The number of hydrogen-bond acceptors (Lipinski definition) is 8. The Morgan fingerprint density at radius 2 is 1.14 bits per heavy atom. The molecule has 0 aliphatic carbocycles. The lowest BCUT2D eigenvalue weighted by Crippen LogP contribution is -2.30. The molecule has 2 N–H and O–H groups in total. The zero-order valence-corrected chi connectivity index (χ0v) is 19.9. The molecule has 1 aliphatic rings. The fraction of sp³-hybridized carbons (Fsp3) is 0.308. The van der Waals surface area contributed by atoms with Gasteiger partial charge in [-0.2, -0.15) is 0 Å². The van der Waals surface area contributed by atoms with Crippen molar-refractivity contribution in [3.05, 3.63) is 81.4 Å². The fourth-order valence-electron chi connectivity index (χ4n) is 4.23. The van der Waals surface area contributed by atoms with Crippen LogP contribution in [0.2, 0.25) is 0 Å². The Labute approximate surface area is 207 Å². The van der Waals surface area contributed by atoms with Crippen molar-refractivity contribution >= 4 is 33.7 Å². The summed E-state index contributed by atoms with van der Waals surface area (Å²) in [6.45, 7) is 7.18. The first-order valence-electron chi connectivity index (χ1n) is 11.9. The number of ether oxygens (including phenoxy) is 2. The Balaban J connectivity index is 1.56. The van der Waals surface area contributed by atoms with Gasteiger partial charge in [-0.3, -0.25) is 18.7 Å².